The summed E-state index contributed by atoms with van der Waals surface area (Å²) in [6, 6.07) is 15.1. The second kappa shape index (κ2) is 8.67. The lowest BCUT2D eigenvalue weighted by Crippen LogP contribution is -2.27. The molecule has 1 atom stereocenters. The Hall–Kier alpha value is -4.40. The van der Waals surface area contributed by atoms with Gasteiger partial charge < -0.3 is 19.8 Å². The van der Waals surface area contributed by atoms with Crippen LogP contribution in [0.3, 0.4) is 0 Å². The molecule has 0 aliphatic carbocycles. The Bertz CT molecular complexity index is 1570. The van der Waals surface area contributed by atoms with Crippen LogP contribution in [-0.2, 0) is 0 Å². The number of carbonyl (C=O) groups is 1. The van der Waals surface area contributed by atoms with Gasteiger partial charge in [0.2, 0.25) is 0 Å². The predicted octanol–water partition coefficient (Wildman–Crippen LogP) is 4.82. The van der Waals surface area contributed by atoms with Crippen LogP contribution < -0.4 is 14.8 Å². The van der Waals surface area contributed by atoms with Crippen molar-refractivity contribution in [3.8, 4) is 22.8 Å². The molecule has 0 spiro atoms. The Morgan fingerprint density at radius 2 is 1.83 bits per heavy atom. The van der Waals surface area contributed by atoms with Gasteiger partial charge in [0.05, 0.1) is 39.9 Å². The number of H-pyrrole nitrogens is 1. The zero-order chi connectivity index (χ0) is 24.8. The highest BCUT2D eigenvalue weighted by Gasteiger charge is 2.22. The lowest BCUT2D eigenvalue weighted by atomic mass is 10.1. The highest BCUT2D eigenvalue weighted by atomic mass is 16.6. The van der Waals surface area contributed by atoms with E-state index < -0.39 is 0 Å². The Balaban J connectivity index is 1.40. The molecular weight excluding hydrogens is 456 g/mol. The number of carbonyl (C=O) groups excluding carboxylic acids is 1. The number of pyridine rings is 1. The minimum absolute atomic E-state index is 0.0795. The van der Waals surface area contributed by atoms with E-state index in [2.05, 4.69) is 20.4 Å². The molecule has 2 N–H and O–H groups in total. The van der Waals surface area contributed by atoms with Gasteiger partial charge in [-0.05, 0) is 57.2 Å². The summed E-state index contributed by atoms with van der Waals surface area (Å²) < 4.78 is 13.3. The first kappa shape index (κ1) is 22.1. The van der Waals surface area contributed by atoms with E-state index in [0.717, 1.165) is 16.6 Å². The van der Waals surface area contributed by atoms with Crippen molar-refractivity contribution in [3.05, 3.63) is 66.1 Å². The number of ether oxygens (including phenoxy) is 2. The summed E-state index contributed by atoms with van der Waals surface area (Å²) in [5, 5.41) is 8.30. The van der Waals surface area contributed by atoms with Crippen LogP contribution in [0, 0.1) is 0 Å². The van der Waals surface area contributed by atoms with Crippen molar-refractivity contribution in [2.24, 2.45) is 0 Å². The van der Waals surface area contributed by atoms with E-state index >= 15 is 0 Å². The van der Waals surface area contributed by atoms with Crippen LogP contribution in [-0.4, -0.2) is 43.9 Å². The largest absolute Gasteiger partial charge is 0.486 e. The third-order valence-electron chi connectivity index (χ3n) is 6.30. The molecule has 0 radical (unpaired) electrons. The third-order valence-corrected chi connectivity index (χ3v) is 6.30. The number of nitrogens with one attached hydrogen (secondary N) is 2. The summed E-state index contributed by atoms with van der Waals surface area (Å²) in [6.07, 6.45) is 1.71. The van der Waals surface area contributed by atoms with Crippen LogP contribution in [0.15, 0.2) is 54.7 Å². The summed E-state index contributed by atoms with van der Waals surface area (Å²) in [7, 11) is 0. The fourth-order valence-corrected chi connectivity index (χ4v) is 4.45. The first-order valence-corrected chi connectivity index (χ1v) is 12.0. The van der Waals surface area contributed by atoms with Crippen molar-refractivity contribution in [1.29, 1.82) is 0 Å². The molecule has 1 amide bonds. The maximum Gasteiger partial charge on any atom is 0.252 e. The number of hydrogen-bond donors (Lipinski definition) is 2. The summed E-state index contributed by atoms with van der Waals surface area (Å²) >= 11 is 0. The zero-order valence-electron chi connectivity index (χ0n) is 20.3. The van der Waals surface area contributed by atoms with E-state index in [1.165, 1.54) is 0 Å². The SMILES string of the molecule is CC(C)n1ncc2c(C(=O)N[C@@H](C)c3nc4ccccc4[nH]3)cc(-c3ccc4c(c3)OCCO4)nc21. The molecule has 9 heteroatoms. The molecule has 1 aliphatic heterocycles. The molecule has 3 aromatic heterocycles. The Morgan fingerprint density at radius 3 is 2.64 bits per heavy atom. The third kappa shape index (κ3) is 3.82. The van der Waals surface area contributed by atoms with Crippen LogP contribution in [0.4, 0.5) is 0 Å². The first-order valence-electron chi connectivity index (χ1n) is 12.0. The summed E-state index contributed by atoms with van der Waals surface area (Å²) in [5.41, 5.74) is 4.43. The Morgan fingerprint density at radius 1 is 1.03 bits per heavy atom. The number of rotatable bonds is 5. The van der Waals surface area contributed by atoms with Crippen LogP contribution in [0.1, 0.15) is 49.0 Å². The number of amides is 1. The summed E-state index contributed by atoms with van der Waals surface area (Å²) in [6.45, 7) is 7.00. The van der Waals surface area contributed by atoms with Gasteiger partial charge in [0.1, 0.15) is 19.0 Å². The second-order valence-electron chi connectivity index (χ2n) is 9.17. The molecule has 36 heavy (non-hydrogen) atoms. The highest BCUT2D eigenvalue weighted by molar-refractivity contribution is 6.06. The fraction of sp³-hybridized carbons (Fsp3) is 0.259. The second-order valence-corrected chi connectivity index (χ2v) is 9.17. The fourth-order valence-electron chi connectivity index (χ4n) is 4.45. The van der Waals surface area contributed by atoms with Crippen LogP contribution in [0.2, 0.25) is 0 Å². The number of imidazole rings is 1. The number of hydrogen-bond acceptors (Lipinski definition) is 6. The van der Waals surface area contributed by atoms with E-state index in [-0.39, 0.29) is 18.0 Å². The van der Waals surface area contributed by atoms with Crippen molar-refractivity contribution < 1.29 is 14.3 Å². The molecule has 2 aromatic carbocycles. The van der Waals surface area contributed by atoms with Gasteiger partial charge in [0.25, 0.3) is 5.91 Å². The normalized spacial score (nSPS) is 13.9. The average Bonchev–Trinajstić information content (AvgIpc) is 3.52. The summed E-state index contributed by atoms with van der Waals surface area (Å²) in [4.78, 5) is 26.4. The molecule has 0 saturated carbocycles. The van der Waals surface area contributed by atoms with Gasteiger partial charge in [-0.2, -0.15) is 5.10 Å². The van der Waals surface area contributed by atoms with Gasteiger partial charge in [-0.25, -0.2) is 14.6 Å². The maximum absolute atomic E-state index is 13.6. The molecule has 5 aromatic rings. The van der Waals surface area contributed by atoms with Gasteiger partial charge in [0, 0.05) is 11.6 Å². The minimum atomic E-state index is -0.328. The smallest absolute Gasteiger partial charge is 0.252 e. The molecular formula is C27H26N6O3. The minimum Gasteiger partial charge on any atom is -0.486 e. The molecule has 0 fully saturated rings. The molecule has 0 saturated heterocycles. The number of para-hydroxylation sites is 2. The molecule has 0 bridgehead atoms. The molecule has 4 heterocycles. The van der Waals surface area contributed by atoms with Gasteiger partial charge in [-0.1, -0.05) is 12.1 Å². The van der Waals surface area contributed by atoms with E-state index in [0.29, 0.717) is 52.8 Å². The van der Waals surface area contributed by atoms with Gasteiger partial charge in [-0.15, -0.1) is 0 Å². The first-order chi connectivity index (χ1) is 17.5. The quantitative estimate of drug-likeness (QED) is 0.372. The van der Waals surface area contributed by atoms with Crippen molar-refractivity contribution in [1.82, 2.24) is 30.0 Å². The van der Waals surface area contributed by atoms with Crippen LogP contribution >= 0.6 is 0 Å². The molecule has 6 rings (SSSR count). The van der Waals surface area contributed by atoms with Crippen molar-refractivity contribution >= 4 is 28.0 Å². The van der Waals surface area contributed by atoms with Crippen molar-refractivity contribution in [2.75, 3.05) is 13.2 Å². The maximum atomic E-state index is 13.6. The van der Waals surface area contributed by atoms with Gasteiger partial charge in [-0.3, -0.25) is 4.79 Å². The van der Waals surface area contributed by atoms with E-state index in [1.807, 2.05) is 67.9 Å². The standard InChI is InChI=1S/C27H26N6O3/c1-15(2)33-26-19(14-28-33)18(13-22(32-26)17-8-9-23-24(12-17)36-11-10-35-23)27(34)29-16(3)25-30-20-6-4-5-7-21(20)31-25/h4-9,12-16H,10-11H2,1-3H3,(H,29,34)(H,30,31)/t16-/m0/s1. The van der Waals surface area contributed by atoms with E-state index in [4.69, 9.17) is 14.5 Å². The summed E-state index contributed by atoms with van der Waals surface area (Å²) in [5.74, 6) is 1.84. The monoisotopic (exact) mass is 482 g/mol. The van der Waals surface area contributed by atoms with Crippen LogP contribution in [0.5, 0.6) is 11.5 Å². The van der Waals surface area contributed by atoms with Gasteiger partial charge in [0.15, 0.2) is 17.1 Å². The van der Waals surface area contributed by atoms with Crippen molar-refractivity contribution in [2.45, 2.75) is 32.9 Å². The van der Waals surface area contributed by atoms with Crippen LogP contribution in [0.25, 0.3) is 33.3 Å². The molecule has 9 nitrogen and oxygen atoms in total. The predicted molar refractivity (Wildman–Crippen MR) is 136 cm³/mol. The number of nitrogens with zero attached hydrogens (tertiary/aromatic N) is 4. The average molecular weight is 483 g/mol. The van der Waals surface area contributed by atoms with Crippen molar-refractivity contribution in [3.63, 3.8) is 0 Å². The Kier molecular flexibility index (Phi) is 5.32. The number of aromatic amines is 1. The molecule has 1 aliphatic rings. The lowest BCUT2D eigenvalue weighted by molar-refractivity contribution is 0.0940. The highest BCUT2D eigenvalue weighted by Crippen LogP contribution is 2.35. The number of aromatic nitrogens is 5. The zero-order valence-corrected chi connectivity index (χ0v) is 20.3. The Labute approximate surface area is 207 Å². The topological polar surface area (TPSA) is 107 Å². The lowest BCUT2D eigenvalue weighted by Gasteiger charge is -2.19. The van der Waals surface area contributed by atoms with Gasteiger partial charge >= 0.3 is 0 Å². The molecule has 182 valence electrons. The van der Waals surface area contributed by atoms with E-state index in [9.17, 15) is 4.79 Å². The number of fused-ring (bicyclic) bond motifs is 3. The number of benzene rings is 2. The molecule has 0 unspecified atom stereocenters. The van der Waals surface area contributed by atoms with E-state index in [1.54, 1.807) is 12.3 Å².